The lowest BCUT2D eigenvalue weighted by Gasteiger charge is -2.45. The fraction of sp³-hybridized carbons (Fsp3) is 0.441. The van der Waals surface area contributed by atoms with E-state index in [2.05, 4.69) is 56.5 Å². The van der Waals surface area contributed by atoms with E-state index in [-0.39, 0.29) is 93.1 Å². The lowest BCUT2D eigenvalue weighted by molar-refractivity contribution is -0.155. The number of nitrogens with one attached hydrogen (secondary N) is 3. The number of nitrogens with two attached hydrogens (primary N) is 1. The average molecular weight is 1810 g/mol. The molecule has 23 nitrogen and oxygen atoms in total. The Bertz CT molecular complexity index is 4940. The van der Waals surface area contributed by atoms with Gasteiger partial charge in [-0.25, -0.2) is 60.0 Å². The normalized spacial score (nSPS) is 19.5. The van der Waals surface area contributed by atoms with Crippen molar-refractivity contribution in [3.05, 3.63) is 250 Å². The number of anilines is 2. The molecule has 0 bridgehead atoms. The van der Waals surface area contributed by atoms with Crippen LogP contribution in [0.5, 0.6) is 29.1 Å². The Morgan fingerprint density at radius 3 is 1.32 bits per heavy atom. The molecule has 6 fully saturated rings. The number of likely N-dealkylation sites (tertiary alicyclic amines) is 2. The van der Waals surface area contributed by atoms with Gasteiger partial charge >= 0.3 is 5.97 Å². The number of benzene rings is 3. The highest BCUT2D eigenvalue weighted by molar-refractivity contribution is 9.10. The van der Waals surface area contributed by atoms with Crippen LogP contribution in [0, 0.1) is 11.8 Å². The number of hydrogen-bond acceptors (Lipinski definition) is 20. The molecule has 33 heteroatoms. The lowest BCUT2D eigenvalue weighted by atomic mass is 9.82. The van der Waals surface area contributed by atoms with Crippen molar-refractivity contribution in [3.8, 4) is 29.1 Å². The molecule has 6 aliphatic rings. The average Bonchev–Trinajstić information content (AvgIpc) is 0.895. The minimum absolute atomic E-state index is 0.0131. The number of pyridine rings is 6. The summed E-state index contributed by atoms with van der Waals surface area (Å²) in [5.41, 5.74) is 7.58. The van der Waals surface area contributed by atoms with Crippen molar-refractivity contribution in [2.75, 3.05) is 76.6 Å². The summed E-state index contributed by atoms with van der Waals surface area (Å²) in [5.74, 6) is -11.6. The van der Waals surface area contributed by atoms with E-state index in [1.54, 1.807) is 102 Å². The number of ether oxygens (including phenoxy) is 5. The number of amides is 1. The third-order valence-corrected chi connectivity index (χ3v) is 23.2. The molecule has 10 heterocycles. The molecule has 4 aliphatic heterocycles. The third kappa shape index (κ3) is 29.7. The maximum absolute atomic E-state index is 14.7. The first kappa shape index (κ1) is 97.5. The number of piperidine rings is 4. The van der Waals surface area contributed by atoms with Crippen LogP contribution in [0.15, 0.2) is 206 Å². The maximum atomic E-state index is 14.7. The molecule has 1 amide bonds. The van der Waals surface area contributed by atoms with Gasteiger partial charge in [-0.1, -0.05) is 131 Å². The van der Waals surface area contributed by atoms with Crippen molar-refractivity contribution in [1.82, 2.24) is 49.8 Å². The van der Waals surface area contributed by atoms with E-state index >= 15 is 0 Å². The van der Waals surface area contributed by atoms with Gasteiger partial charge in [-0.05, 0) is 162 Å². The van der Waals surface area contributed by atoms with Crippen molar-refractivity contribution >= 4 is 58.8 Å². The molecule has 15 rings (SSSR count). The number of nitrogen functional groups attached to an aromatic ring is 1. The smallest absolute Gasteiger partial charge is 0.323 e. The summed E-state index contributed by atoms with van der Waals surface area (Å²) >= 11 is 3.19. The summed E-state index contributed by atoms with van der Waals surface area (Å²) in [4.78, 5) is 84.9. The van der Waals surface area contributed by atoms with Gasteiger partial charge in [-0.15, -0.1) is 0 Å². The molecular formula is C93H109BBrF8N12O11. The van der Waals surface area contributed by atoms with Crippen LogP contribution in [-0.4, -0.2) is 186 Å². The first-order valence-corrected chi connectivity index (χ1v) is 42.7. The third-order valence-electron chi connectivity index (χ3n) is 22.7. The molecule has 6 aromatic heterocycles. The summed E-state index contributed by atoms with van der Waals surface area (Å²) in [6.07, 6.45) is 13.3. The van der Waals surface area contributed by atoms with Crippen molar-refractivity contribution < 1.29 is 83.1 Å². The minimum atomic E-state index is -2.93. The Kier molecular flexibility index (Phi) is 34.5. The van der Waals surface area contributed by atoms with Crippen molar-refractivity contribution in [3.63, 3.8) is 0 Å². The molecule has 0 spiro atoms. The van der Waals surface area contributed by atoms with E-state index in [0.29, 0.717) is 102 Å². The first-order chi connectivity index (χ1) is 59.9. The highest BCUT2D eigenvalue weighted by Crippen LogP contribution is 2.46. The highest BCUT2D eigenvalue weighted by atomic mass is 79.9. The van der Waals surface area contributed by atoms with E-state index in [4.69, 9.17) is 29.4 Å². The number of H-pyrrole nitrogens is 1. The lowest BCUT2D eigenvalue weighted by Crippen LogP contribution is -2.58. The van der Waals surface area contributed by atoms with Crippen LogP contribution in [0.25, 0.3) is 0 Å². The quantitative estimate of drug-likeness (QED) is 0.0138. The zero-order valence-corrected chi connectivity index (χ0v) is 73.2. The second-order valence-electron chi connectivity index (χ2n) is 33.4. The van der Waals surface area contributed by atoms with Gasteiger partial charge in [-0.3, -0.25) is 29.0 Å². The summed E-state index contributed by atoms with van der Waals surface area (Å²) < 4.78 is 142. The molecule has 1 radical (unpaired) electrons. The molecule has 4 saturated heterocycles. The minimum Gasteiger partial charge on any atom is -0.492 e. The molecular weight excluding hydrogens is 1700 g/mol. The molecule has 4 atom stereocenters. The largest absolute Gasteiger partial charge is 0.492 e. The van der Waals surface area contributed by atoms with E-state index in [9.17, 15) is 64.2 Å². The summed E-state index contributed by atoms with van der Waals surface area (Å²) in [5, 5.41) is 15.2. The number of carboxylic acid groups (broad SMARTS) is 1. The van der Waals surface area contributed by atoms with Crippen molar-refractivity contribution in [2.45, 2.75) is 182 Å². The van der Waals surface area contributed by atoms with Gasteiger partial charge in [0, 0.05) is 114 Å². The van der Waals surface area contributed by atoms with E-state index in [1.807, 2.05) is 111 Å². The van der Waals surface area contributed by atoms with E-state index in [0.717, 1.165) is 35.0 Å². The fourth-order valence-corrected chi connectivity index (χ4v) is 13.7. The van der Waals surface area contributed by atoms with Crippen molar-refractivity contribution in [2.24, 2.45) is 11.8 Å². The van der Waals surface area contributed by atoms with E-state index < -0.39 is 64.4 Å². The highest BCUT2D eigenvalue weighted by Gasteiger charge is 2.52. The van der Waals surface area contributed by atoms with Gasteiger partial charge in [-0.2, -0.15) is 0 Å². The van der Waals surface area contributed by atoms with Crippen LogP contribution in [0.1, 0.15) is 162 Å². The number of nitrogens with zero attached hydrogens (tertiary/aromatic N) is 8. The van der Waals surface area contributed by atoms with Crippen molar-refractivity contribution in [1.29, 1.82) is 0 Å². The Morgan fingerprint density at radius 2 is 0.937 bits per heavy atom. The number of carboxylic acids is 1. The van der Waals surface area contributed by atoms with Crippen LogP contribution in [0.3, 0.4) is 0 Å². The molecule has 3 unspecified atom stereocenters. The number of ketones is 1. The second kappa shape index (κ2) is 44.6. The number of Topliss-reactive ketones (excluding diaryl/α,β-unsaturated/α-hetero) is 1. The van der Waals surface area contributed by atoms with Gasteiger partial charge in [0.15, 0.2) is 0 Å². The number of hydrogen-bond donors (Lipinski definition) is 5. The Hall–Kier alpha value is -10.7. The predicted molar refractivity (Wildman–Crippen MR) is 469 cm³/mol. The first-order valence-electron chi connectivity index (χ1n) is 41.9. The van der Waals surface area contributed by atoms with Gasteiger partial charge in [0.05, 0.1) is 65.3 Å². The summed E-state index contributed by atoms with van der Waals surface area (Å²) in [6, 6.07) is 48.4. The monoisotopic (exact) mass is 1810 g/mol. The SMILES string of the molecule is CC(=O)C(C)(C)Br.CC(C)(C(=O)Nc1ccc(OCC2CC2)cn1)N1CCC(F)(F)[C@@H](c2ccc(=O)[nH]c2)C1.CC(C)(C(=O)O)N1CCC(F)(F)C(c2ccc(OCc3ccccc3)nc2)C1.FC1(F)CCNCC1c1ccc(OCc2ccccc2)nc1.Nc1ccc(OCC2CC2)cn1.O=C[B]N1CCC(F)(F)C(c2ccc(OCc3ccccc3)nc2)C1. The number of aromatic nitrogens is 6. The number of halogens is 9. The van der Waals surface area contributed by atoms with Gasteiger partial charge < -0.3 is 59.7 Å². The molecule has 3 aromatic carbocycles. The van der Waals surface area contributed by atoms with Crippen LogP contribution < -0.4 is 45.6 Å². The van der Waals surface area contributed by atoms with Gasteiger partial charge in [0.25, 0.3) is 31.1 Å². The molecule has 6 N–H and O–H groups in total. The number of rotatable bonds is 27. The number of carbonyl (C=O) groups excluding carboxylic acids is 3. The Labute approximate surface area is 738 Å². The fourth-order valence-electron chi connectivity index (χ4n) is 13.7. The molecule has 126 heavy (non-hydrogen) atoms. The maximum Gasteiger partial charge on any atom is 0.323 e. The molecule has 9 aromatic rings. The summed E-state index contributed by atoms with van der Waals surface area (Å²) in [6.45, 7) is 15.3. The number of aliphatic carboxylic acids is 1. The van der Waals surface area contributed by atoms with E-state index in [1.165, 1.54) is 83.9 Å². The molecule has 2 saturated carbocycles. The topological polar surface area (TPSA) is 292 Å². The van der Waals surface area contributed by atoms with Crippen LogP contribution in [0.2, 0.25) is 0 Å². The van der Waals surface area contributed by atoms with Crippen LogP contribution in [-0.2, 0) is 39.0 Å². The second-order valence-corrected chi connectivity index (χ2v) is 35.4. The molecule has 673 valence electrons. The predicted octanol–water partition coefficient (Wildman–Crippen LogP) is 16.8. The zero-order chi connectivity index (χ0) is 90.9. The molecule has 2 aliphatic carbocycles. The van der Waals surface area contributed by atoms with Crippen LogP contribution >= 0.6 is 15.9 Å². The number of alkyl halides is 9. The Morgan fingerprint density at radius 1 is 0.524 bits per heavy atom. The van der Waals surface area contributed by atoms with Gasteiger partial charge in [0.2, 0.25) is 29.1 Å². The zero-order valence-electron chi connectivity index (χ0n) is 71.6. The standard InChI is InChI=1S/C23H28F2N4O3.C21H24F2N2O3.C18H18BF2N2O2.C17H18F2N2O.C9H12N2O.C5H9BrO/c1-22(2,21(31)28-19-7-6-17(12-26-19)32-14-15-3-4-15)29-10-9-23(24,25)18(13-29)16-5-8-20(30)27-11-16;1-20(2,19(26)27)25-11-10-21(22,23)17(13-25)16-8-9-18(24-12-16)28-14-15-6-4-3-5-7-15;20-18(21)8-9-23(19-13-24)11-16(18)15-6-7-17(22-10-15)25-12-14-4-2-1-3-5-14;18-17(19)8-9-20-11-15(17)14-6-7-16(21-10-14)22-12-13-4-2-1-3-5-13;10-9-4-3-8(5-11-9)12-6-7-1-2-7;1-4(7)5(2,3)6/h5-8,11-12,15,18H,3-4,9-10,13-14H2,1-2H3,(H,27,30)(H,26,28,31);3-9,12,17H,10-11,13-14H2,1-2H3,(H,26,27);1-7,10,13,16H,8-9,11-12H2;1-7,10,15,20H,8-9,11-12H2;3-5,7H,1-2,6H2,(H2,10,11);1-3H3/t18-;;;;;/m1...../s1. The summed E-state index contributed by atoms with van der Waals surface area (Å²) in [7, 11) is 1.31. The number of aromatic amines is 1. The van der Waals surface area contributed by atoms with Gasteiger partial charge in [0.1, 0.15) is 54.3 Å². The van der Waals surface area contributed by atoms with Crippen LogP contribution in [0.4, 0.5) is 46.8 Å². The number of carbonyl (C=O) groups is 4. The Balaban J connectivity index is 0.000000165.